The number of nitrogens with one attached hydrogen (secondary N) is 3. The quantitative estimate of drug-likeness (QED) is 0.554. The average molecular weight is 421 g/mol. The van der Waals surface area contributed by atoms with Crippen LogP contribution in [0.5, 0.6) is 5.75 Å². The Balaban J connectivity index is 1.96. The lowest BCUT2D eigenvalue weighted by Gasteiger charge is -2.11. The summed E-state index contributed by atoms with van der Waals surface area (Å²) < 4.78 is 35.8. The smallest absolute Gasteiger partial charge is 0.341 e. The Kier molecular flexibility index (Phi) is 7.57. The minimum atomic E-state index is -3.55. The maximum absolute atomic E-state index is 12.1. The highest BCUT2D eigenvalue weighted by Crippen LogP contribution is 2.20. The van der Waals surface area contributed by atoms with Crippen LogP contribution in [0, 0.1) is 0 Å². The molecule has 2 aromatic rings. The topological polar surface area (TPSA) is 123 Å². The van der Waals surface area contributed by atoms with Gasteiger partial charge in [-0.25, -0.2) is 22.7 Å². The number of ether oxygens (including phenoxy) is 2. The van der Waals surface area contributed by atoms with Crippen LogP contribution in [0.15, 0.2) is 47.4 Å². The Morgan fingerprint density at radius 3 is 2.21 bits per heavy atom. The highest BCUT2D eigenvalue weighted by Gasteiger charge is 2.14. The number of rotatable bonds is 8. The Morgan fingerprint density at radius 1 is 0.966 bits per heavy atom. The lowest BCUT2D eigenvalue weighted by atomic mass is 10.1. The number of esters is 1. The third-order valence-electron chi connectivity index (χ3n) is 4.05. The molecule has 3 N–H and O–H groups in total. The first-order chi connectivity index (χ1) is 13.8. The van der Waals surface area contributed by atoms with Crippen molar-refractivity contribution in [2.45, 2.75) is 18.0 Å². The number of methoxy groups -OCH3 is 2. The van der Waals surface area contributed by atoms with Gasteiger partial charge in [-0.3, -0.25) is 0 Å². The average Bonchev–Trinajstić information content (AvgIpc) is 2.75. The van der Waals surface area contributed by atoms with Crippen LogP contribution in [0.1, 0.15) is 21.5 Å². The lowest BCUT2D eigenvalue weighted by molar-refractivity contribution is 0.0597. The number of urea groups is 1. The molecule has 156 valence electrons. The normalized spacial score (nSPS) is 10.9. The molecule has 0 aliphatic heterocycles. The van der Waals surface area contributed by atoms with E-state index in [9.17, 15) is 18.0 Å². The van der Waals surface area contributed by atoms with E-state index in [1.807, 2.05) is 0 Å². The first kappa shape index (κ1) is 22.2. The number of benzene rings is 2. The molecule has 2 aromatic carbocycles. The molecule has 9 nitrogen and oxygen atoms in total. The predicted octanol–water partition coefficient (Wildman–Crippen LogP) is 1.39. The molecule has 29 heavy (non-hydrogen) atoms. The van der Waals surface area contributed by atoms with E-state index in [-0.39, 0.29) is 23.5 Å². The summed E-state index contributed by atoms with van der Waals surface area (Å²) in [5, 5.41) is 5.33. The van der Waals surface area contributed by atoms with Crippen molar-refractivity contribution in [2.24, 2.45) is 0 Å². The minimum absolute atomic E-state index is 0.119. The van der Waals surface area contributed by atoms with Crippen LogP contribution < -0.4 is 20.1 Å². The number of hydrogen-bond donors (Lipinski definition) is 3. The van der Waals surface area contributed by atoms with Gasteiger partial charge in [0.1, 0.15) is 11.3 Å². The first-order valence-corrected chi connectivity index (χ1v) is 10.1. The van der Waals surface area contributed by atoms with Crippen molar-refractivity contribution in [1.29, 1.82) is 0 Å². The van der Waals surface area contributed by atoms with E-state index in [0.717, 1.165) is 0 Å². The summed E-state index contributed by atoms with van der Waals surface area (Å²) in [5.74, 6) is -0.161. The van der Waals surface area contributed by atoms with E-state index < -0.39 is 22.0 Å². The summed E-state index contributed by atoms with van der Waals surface area (Å²) in [5.41, 5.74) is 1.58. The van der Waals surface area contributed by atoms with E-state index in [4.69, 9.17) is 9.47 Å². The Bertz CT molecular complexity index is 991. The van der Waals surface area contributed by atoms with Crippen molar-refractivity contribution in [2.75, 3.05) is 21.3 Å². The second-order valence-electron chi connectivity index (χ2n) is 5.92. The molecule has 0 saturated heterocycles. The molecule has 0 aliphatic carbocycles. The van der Waals surface area contributed by atoms with Gasteiger partial charge in [0.25, 0.3) is 0 Å². The molecule has 0 radical (unpaired) electrons. The molecule has 0 spiro atoms. The van der Waals surface area contributed by atoms with Crippen LogP contribution >= 0.6 is 0 Å². The molecule has 0 unspecified atom stereocenters. The highest BCUT2D eigenvalue weighted by molar-refractivity contribution is 7.89. The molecular formula is C19H23N3O6S. The number of carbonyl (C=O) groups is 2. The number of sulfonamides is 1. The van der Waals surface area contributed by atoms with E-state index in [1.165, 1.54) is 33.4 Å². The van der Waals surface area contributed by atoms with Gasteiger partial charge < -0.3 is 20.1 Å². The van der Waals surface area contributed by atoms with Crippen LogP contribution in [-0.4, -0.2) is 41.7 Å². The maximum Gasteiger partial charge on any atom is 0.341 e. The molecule has 0 aliphatic rings. The molecule has 2 amide bonds. The standard InChI is InChI=1S/C19H23N3O6S/c1-20-29(25,26)15-6-4-5-13(9-15)11-21-19(24)22-12-14-7-8-17(27-2)16(10-14)18(23)28-3/h4-10,20H,11-12H2,1-3H3,(H2,21,22,24). The van der Waals surface area contributed by atoms with Crippen molar-refractivity contribution in [3.63, 3.8) is 0 Å². The SMILES string of the molecule is CNS(=O)(=O)c1cccc(CNC(=O)NCc2ccc(OC)c(C(=O)OC)c2)c1. The molecular weight excluding hydrogens is 398 g/mol. The van der Waals surface area contributed by atoms with Gasteiger partial charge in [0.15, 0.2) is 0 Å². The van der Waals surface area contributed by atoms with E-state index >= 15 is 0 Å². The monoisotopic (exact) mass is 421 g/mol. The van der Waals surface area contributed by atoms with Crippen LogP contribution in [0.2, 0.25) is 0 Å². The van der Waals surface area contributed by atoms with Gasteiger partial charge >= 0.3 is 12.0 Å². The molecule has 0 heterocycles. The minimum Gasteiger partial charge on any atom is -0.496 e. The van der Waals surface area contributed by atoms with Crippen LogP contribution in [0.3, 0.4) is 0 Å². The molecule has 0 fully saturated rings. The number of hydrogen-bond acceptors (Lipinski definition) is 6. The highest BCUT2D eigenvalue weighted by atomic mass is 32.2. The van der Waals surface area contributed by atoms with Gasteiger partial charge in [-0.1, -0.05) is 18.2 Å². The van der Waals surface area contributed by atoms with Crippen LogP contribution in [-0.2, 0) is 27.8 Å². The summed E-state index contributed by atoms with van der Waals surface area (Å²) >= 11 is 0. The summed E-state index contributed by atoms with van der Waals surface area (Å²) in [6, 6.07) is 10.7. The molecule has 0 atom stereocenters. The van der Waals surface area contributed by atoms with Crippen molar-refractivity contribution in [1.82, 2.24) is 15.4 Å². The summed E-state index contributed by atoms with van der Waals surface area (Å²) in [4.78, 5) is 24.0. The molecule has 2 rings (SSSR count). The van der Waals surface area contributed by atoms with Crippen molar-refractivity contribution in [3.05, 3.63) is 59.2 Å². The number of carbonyl (C=O) groups excluding carboxylic acids is 2. The molecule has 0 saturated carbocycles. The Labute approximate surface area is 169 Å². The fourth-order valence-corrected chi connectivity index (χ4v) is 3.30. The second kappa shape index (κ2) is 9.89. The fraction of sp³-hybridized carbons (Fsp3) is 0.263. The van der Waals surface area contributed by atoms with Gasteiger partial charge in [-0.15, -0.1) is 0 Å². The van der Waals surface area contributed by atoms with Gasteiger partial charge in [-0.2, -0.15) is 0 Å². The Morgan fingerprint density at radius 2 is 1.62 bits per heavy atom. The van der Waals surface area contributed by atoms with Gasteiger partial charge in [0.2, 0.25) is 10.0 Å². The van der Waals surface area contributed by atoms with Gasteiger partial charge in [0, 0.05) is 13.1 Å². The third-order valence-corrected chi connectivity index (χ3v) is 5.46. The molecule has 10 heteroatoms. The first-order valence-electron chi connectivity index (χ1n) is 8.60. The van der Waals surface area contributed by atoms with E-state index in [2.05, 4.69) is 15.4 Å². The van der Waals surface area contributed by atoms with Gasteiger partial charge in [-0.05, 0) is 42.4 Å². The zero-order valence-corrected chi connectivity index (χ0v) is 17.1. The molecule has 0 aromatic heterocycles. The zero-order valence-electron chi connectivity index (χ0n) is 16.3. The van der Waals surface area contributed by atoms with Crippen molar-refractivity contribution < 1.29 is 27.5 Å². The maximum atomic E-state index is 12.1. The summed E-state index contributed by atoms with van der Waals surface area (Å²) in [6.07, 6.45) is 0. The zero-order chi connectivity index (χ0) is 21.4. The second-order valence-corrected chi connectivity index (χ2v) is 7.80. The predicted molar refractivity (Wildman–Crippen MR) is 106 cm³/mol. The van der Waals surface area contributed by atoms with E-state index in [1.54, 1.807) is 30.3 Å². The lowest BCUT2D eigenvalue weighted by Crippen LogP contribution is -2.34. The van der Waals surface area contributed by atoms with E-state index in [0.29, 0.717) is 16.9 Å². The Hall–Kier alpha value is -3.11. The summed E-state index contributed by atoms with van der Waals surface area (Å²) in [6.45, 7) is 0.322. The largest absolute Gasteiger partial charge is 0.496 e. The van der Waals surface area contributed by atoms with Gasteiger partial charge in [0.05, 0.1) is 19.1 Å². The van der Waals surface area contributed by atoms with Crippen LogP contribution in [0.25, 0.3) is 0 Å². The summed E-state index contributed by atoms with van der Waals surface area (Å²) in [7, 11) is 0.504. The molecule has 0 bridgehead atoms. The third kappa shape index (κ3) is 5.93. The van der Waals surface area contributed by atoms with Crippen LogP contribution in [0.4, 0.5) is 4.79 Å². The van der Waals surface area contributed by atoms with Crippen molar-refractivity contribution in [3.8, 4) is 5.75 Å². The number of amides is 2. The fourth-order valence-electron chi connectivity index (χ4n) is 2.50. The van der Waals surface area contributed by atoms with Crippen molar-refractivity contribution >= 4 is 22.0 Å².